The van der Waals surface area contributed by atoms with Crippen molar-refractivity contribution in [3.8, 4) is 0 Å². The number of ether oxygens (including phenoxy) is 2. The van der Waals surface area contributed by atoms with Crippen molar-refractivity contribution in [2.24, 2.45) is 11.5 Å². The molecule has 77 heavy (non-hydrogen) atoms. The molecule has 0 aliphatic carbocycles. The molecule has 6 heterocycles. The molecular weight excluding hydrogens is 1050 g/mol. The summed E-state index contributed by atoms with van der Waals surface area (Å²) in [5, 5.41) is 41.6. The van der Waals surface area contributed by atoms with Crippen molar-refractivity contribution in [1.82, 2.24) is 29.8 Å². The zero-order valence-electron chi connectivity index (χ0n) is 45.1. The first-order chi connectivity index (χ1) is 34.9. The van der Waals surface area contributed by atoms with Crippen molar-refractivity contribution >= 4 is 60.3 Å². The Bertz CT molecular complexity index is 2080. The zero-order valence-corrected chi connectivity index (χ0v) is 45.1. The number of carboxylic acids is 1. The lowest BCUT2D eigenvalue weighted by atomic mass is 9.75. The van der Waals surface area contributed by atoms with E-state index in [0.717, 1.165) is 24.3 Å². The van der Waals surface area contributed by atoms with Gasteiger partial charge in [-0.05, 0) is 128 Å². The number of aldehydes is 2. The van der Waals surface area contributed by atoms with E-state index < -0.39 is 137 Å². The number of halogens is 6. The Morgan fingerprint density at radius 1 is 0.597 bits per heavy atom. The van der Waals surface area contributed by atoms with E-state index in [1.165, 1.54) is 40.4 Å². The third-order valence-electron chi connectivity index (χ3n) is 13.8. The van der Waals surface area contributed by atoms with Gasteiger partial charge in [0.2, 0.25) is 30.3 Å². The van der Waals surface area contributed by atoms with Gasteiger partial charge in [0, 0.05) is 13.1 Å². The van der Waals surface area contributed by atoms with Crippen LogP contribution in [0.1, 0.15) is 122 Å². The number of nitrogens with two attached hydrogens (primary N) is 2. The maximum atomic E-state index is 12.9. The Hall–Kier alpha value is -5.88. The maximum Gasteiger partial charge on any atom is 0.446 e. The number of β-lactam (4-membered cyclic amide) rings is 3. The summed E-state index contributed by atoms with van der Waals surface area (Å²) in [6.07, 6.45) is -11.7. The monoisotopic (exact) mass is 1120 g/mol. The number of nitrogens with zero attached hydrogens (tertiary/aromatic N) is 5. The molecule has 440 valence electrons. The molecule has 0 saturated carbocycles. The van der Waals surface area contributed by atoms with Crippen LogP contribution < -0.4 is 16.8 Å². The van der Waals surface area contributed by atoms with Crippen LogP contribution in [0.25, 0.3) is 0 Å². The Labute approximate surface area is 441 Å². The quantitative estimate of drug-likeness (QED) is 0.0966. The maximum absolute atomic E-state index is 12.9. The van der Waals surface area contributed by atoms with Gasteiger partial charge >= 0.3 is 30.5 Å². The summed E-state index contributed by atoms with van der Waals surface area (Å²) in [7, 11) is 0. The first kappa shape index (κ1) is 67.2. The minimum absolute atomic E-state index is 0.107. The number of primary amides is 2. The first-order valence-corrected chi connectivity index (χ1v) is 24.6. The van der Waals surface area contributed by atoms with E-state index in [1.807, 2.05) is 6.92 Å². The third-order valence-corrected chi connectivity index (χ3v) is 13.8. The van der Waals surface area contributed by atoms with Gasteiger partial charge in [-0.2, -0.15) is 26.3 Å². The average Bonchev–Trinajstić information content (AvgIpc) is 4.09. The summed E-state index contributed by atoms with van der Waals surface area (Å²) in [6.45, 7) is 21.8. The number of amides is 7. The number of alkyl halides is 6. The summed E-state index contributed by atoms with van der Waals surface area (Å²) < 4.78 is 73.3. The molecule has 0 aromatic rings. The number of aliphatic carboxylic acids is 1. The predicted molar refractivity (Wildman–Crippen MR) is 255 cm³/mol. The largest absolute Gasteiger partial charge is 0.480 e. The number of aliphatic hydroxyl groups excluding tert-OH is 3. The van der Waals surface area contributed by atoms with E-state index in [0.29, 0.717) is 38.8 Å². The van der Waals surface area contributed by atoms with Gasteiger partial charge in [0.25, 0.3) is 11.8 Å². The minimum atomic E-state index is -4.64. The second kappa shape index (κ2) is 24.8. The van der Waals surface area contributed by atoms with Crippen LogP contribution in [-0.4, -0.2) is 220 Å². The van der Waals surface area contributed by atoms with Crippen molar-refractivity contribution in [3.63, 3.8) is 0 Å². The fourth-order valence-corrected chi connectivity index (χ4v) is 10.6. The number of hydrogen-bond acceptors (Lipinski definition) is 16. The van der Waals surface area contributed by atoms with Gasteiger partial charge in [0.05, 0.1) is 36.4 Å². The highest BCUT2D eigenvalue weighted by Crippen LogP contribution is 2.48. The summed E-state index contributed by atoms with van der Waals surface area (Å²) >= 11 is 0. The molecule has 6 unspecified atom stereocenters. The highest BCUT2D eigenvalue weighted by atomic mass is 19.4. The molecule has 9 N–H and O–H groups in total. The standard InChI is InChI=1S/C16H27N3O5.C16H26N2O6.C11H19N3O3.2C2HF3O/c1-9(20)11(12(17)21)19-10(2)16(13(19)22)7-6-8-18(16)14(23)24-15(3,4)5;1-9(19)11(12(20)21)18-10(2)16(13(18)22)7-6-8-17(16)14(23)24-15(3,4)5;1-6(15)8(9(12)16)14-7(2)11(10(14)17)4-3-5-13-11;2*3-2(4,5)1-6/h9-11,20H,6-8H2,1-5H3,(H2,17,21);9-11,19H,6-8H2,1-5H3,(H,20,21);6-8,13,15H,3-5H2,1-2H3,(H2,12,16);2*1H/t2*9-,10?,11+,16?;6-,7?,8+,11?;;/m111../s1. The lowest BCUT2D eigenvalue weighted by Gasteiger charge is -2.58. The smallest absolute Gasteiger partial charge is 0.446 e. The molecule has 0 radical (unpaired) electrons. The van der Waals surface area contributed by atoms with Gasteiger partial charge in [-0.15, -0.1) is 0 Å². The van der Waals surface area contributed by atoms with Gasteiger partial charge in [-0.25, -0.2) is 14.4 Å². The number of hydrogen-bond donors (Lipinski definition) is 7. The molecule has 6 fully saturated rings. The first-order valence-electron chi connectivity index (χ1n) is 24.6. The SMILES string of the molecule is CC1N([C@H](C(=O)O)[C@@H](C)O)C(=O)C12CCCN2C(=O)OC(C)(C)C.CC1N([C@H](C(N)=O)[C@@H](C)O)C(=O)C12CCCN2.CC1N([C@H](C(N)=O)[C@@H](C)O)C(=O)C12CCCN2C(=O)OC(C)(C)C.O=CC(F)(F)F.O=CC(F)(F)F. The normalized spacial score (nSPS) is 28.0. The molecule has 7 amide bonds. The Kier molecular flexibility index (Phi) is 21.7. The van der Waals surface area contributed by atoms with Crippen molar-refractivity contribution in [3.05, 3.63) is 0 Å². The lowest BCUT2D eigenvalue weighted by molar-refractivity contribution is -0.187. The molecule has 0 bridgehead atoms. The predicted octanol–water partition coefficient (Wildman–Crippen LogP) is 1.11. The fraction of sp³-hybridized carbons (Fsp3) is 0.787. The lowest BCUT2D eigenvalue weighted by Crippen LogP contribution is -2.81. The topological polar surface area (TPSA) is 350 Å². The van der Waals surface area contributed by atoms with E-state index in [9.17, 15) is 85.1 Å². The van der Waals surface area contributed by atoms with E-state index in [2.05, 4.69) is 5.32 Å². The van der Waals surface area contributed by atoms with E-state index in [1.54, 1.807) is 55.4 Å². The number of carboxylic acid groups (broad SMARTS) is 1. The van der Waals surface area contributed by atoms with E-state index >= 15 is 0 Å². The van der Waals surface area contributed by atoms with Crippen LogP contribution in [0, 0.1) is 0 Å². The summed E-state index contributed by atoms with van der Waals surface area (Å²) in [5.41, 5.74) is 6.65. The van der Waals surface area contributed by atoms with Gasteiger partial charge in [0.1, 0.15) is 39.9 Å². The van der Waals surface area contributed by atoms with Crippen molar-refractivity contribution in [2.45, 2.75) is 216 Å². The van der Waals surface area contributed by atoms with Gasteiger partial charge in [0.15, 0.2) is 6.04 Å². The number of aliphatic hydroxyl groups is 3. The Balaban J connectivity index is 0.000000360. The van der Waals surface area contributed by atoms with Crippen LogP contribution in [-0.2, 0) is 47.8 Å². The van der Waals surface area contributed by atoms with Crippen LogP contribution in [0.2, 0.25) is 0 Å². The van der Waals surface area contributed by atoms with Crippen LogP contribution in [0.3, 0.4) is 0 Å². The van der Waals surface area contributed by atoms with Crippen LogP contribution in [0.5, 0.6) is 0 Å². The van der Waals surface area contributed by atoms with Gasteiger partial charge in [-0.3, -0.25) is 43.4 Å². The number of carbonyl (C=O) groups is 10. The molecular formula is C47H74F6N8O16. The fourth-order valence-electron chi connectivity index (χ4n) is 10.6. The van der Waals surface area contributed by atoms with Crippen LogP contribution in [0.15, 0.2) is 0 Å². The molecule has 6 aliphatic rings. The zero-order chi connectivity index (χ0) is 60.1. The number of rotatable bonds is 9. The summed E-state index contributed by atoms with van der Waals surface area (Å²) in [4.78, 5) is 121. The third kappa shape index (κ3) is 14.6. The molecule has 0 aromatic carbocycles. The van der Waals surface area contributed by atoms with Gasteiger partial charge < -0.3 is 61.4 Å². The molecule has 6 aliphatic heterocycles. The molecule has 6 rings (SSSR count). The van der Waals surface area contributed by atoms with E-state index in [-0.39, 0.29) is 17.9 Å². The number of nitrogens with one attached hydrogen (secondary N) is 1. The van der Waals surface area contributed by atoms with Crippen molar-refractivity contribution in [2.75, 3.05) is 19.6 Å². The van der Waals surface area contributed by atoms with Crippen LogP contribution in [0.4, 0.5) is 35.9 Å². The van der Waals surface area contributed by atoms with Gasteiger partial charge in [-0.1, -0.05) is 0 Å². The number of carbonyl (C=O) groups excluding carboxylic acids is 9. The van der Waals surface area contributed by atoms with Crippen molar-refractivity contribution in [1.29, 1.82) is 0 Å². The molecule has 3 spiro atoms. The molecule has 24 nitrogen and oxygen atoms in total. The highest BCUT2D eigenvalue weighted by Gasteiger charge is 2.69. The average molecular weight is 1120 g/mol. The minimum Gasteiger partial charge on any atom is -0.480 e. The molecule has 12 atom stereocenters. The highest BCUT2D eigenvalue weighted by molar-refractivity contribution is 6.02. The number of likely N-dealkylation sites (tertiary alicyclic amines) is 5. The molecule has 30 heteroatoms. The summed E-state index contributed by atoms with van der Waals surface area (Å²) in [6, 6.07) is -4.38. The Morgan fingerprint density at radius 3 is 1.13 bits per heavy atom. The van der Waals surface area contributed by atoms with E-state index in [4.69, 9.17) is 30.5 Å². The second-order valence-corrected chi connectivity index (χ2v) is 21.5. The Morgan fingerprint density at radius 2 is 0.909 bits per heavy atom. The van der Waals surface area contributed by atoms with Crippen LogP contribution >= 0.6 is 0 Å². The molecule has 6 saturated heterocycles. The molecule has 0 aromatic heterocycles. The summed E-state index contributed by atoms with van der Waals surface area (Å²) in [5.74, 6) is -3.60. The van der Waals surface area contributed by atoms with Crippen molar-refractivity contribution < 1.29 is 104 Å². The second-order valence-electron chi connectivity index (χ2n) is 21.5.